The van der Waals surface area contributed by atoms with Crippen LogP contribution in [0.2, 0.25) is 0 Å². The molecule has 4 heteroatoms. The van der Waals surface area contributed by atoms with Crippen molar-refractivity contribution >= 4 is 16.6 Å². The largest absolute Gasteiger partial charge is 0.438 e. The second-order valence-corrected chi connectivity index (χ2v) is 4.26. The highest BCUT2D eigenvalue weighted by molar-refractivity contribution is 5.88. The Hall–Kier alpha value is -2.62. The highest BCUT2D eigenvalue weighted by Gasteiger charge is 2.05. The molecule has 0 fully saturated rings. The SMILES string of the molecule is Cc1nc(N)cc(Oc2cccc3ccccc23)n1. The van der Waals surface area contributed by atoms with Gasteiger partial charge in [0, 0.05) is 11.5 Å². The van der Waals surface area contributed by atoms with Crippen molar-refractivity contribution in [3.8, 4) is 11.6 Å². The first-order chi connectivity index (χ1) is 9.22. The third-order valence-corrected chi connectivity index (χ3v) is 2.80. The van der Waals surface area contributed by atoms with Crippen molar-refractivity contribution < 1.29 is 4.74 Å². The predicted octanol–water partition coefficient (Wildman–Crippen LogP) is 3.31. The van der Waals surface area contributed by atoms with E-state index in [-0.39, 0.29) is 0 Å². The standard InChI is InChI=1S/C15H13N3O/c1-10-17-14(16)9-15(18-10)19-13-8-4-6-11-5-2-3-7-12(11)13/h2-9H,1H3,(H2,16,17,18). The van der Waals surface area contributed by atoms with Crippen molar-refractivity contribution in [3.63, 3.8) is 0 Å². The van der Waals surface area contributed by atoms with E-state index in [4.69, 9.17) is 10.5 Å². The van der Waals surface area contributed by atoms with E-state index >= 15 is 0 Å². The Bertz CT molecular complexity index is 715. The number of hydrogen-bond donors (Lipinski definition) is 1. The van der Waals surface area contributed by atoms with Crippen LogP contribution in [0, 0.1) is 6.92 Å². The Balaban J connectivity index is 2.05. The van der Waals surface area contributed by atoms with Crippen molar-refractivity contribution in [2.75, 3.05) is 5.73 Å². The van der Waals surface area contributed by atoms with Gasteiger partial charge in [-0.3, -0.25) is 0 Å². The number of rotatable bonds is 2. The molecule has 94 valence electrons. The summed E-state index contributed by atoms with van der Waals surface area (Å²) < 4.78 is 5.82. The summed E-state index contributed by atoms with van der Waals surface area (Å²) in [6.07, 6.45) is 0. The number of anilines is 1. The Morgan fingerprint density at radius 1 is 1.00 bits per heavy atom. The molecule has 3 rings (SSSR count). The maximum Gasteiger partial charge on any atom is 0.224 e. The van der Waals surface area contributed by atoms with Crippen molar-refractivity contribution in [2.24, 2.45) is 0 Å². The van der Waals surface area contributed by atoms with Crippen LogP contribution < -0.4 is 10.5 Å². The molecule has 1 heterocycles. The van der Waals surface area contributed by atoms with Crippen LogP contribution in [-0.2, 0) is 0 Å². The van der Waals surface area contributed by atoms with Gasteiger partial charge in [-0.25, -0.2) is 4.98 Å². The van der Waals surface area contributed by atoms with Gasteiger partial charge in [-0.15, -0.1) is 0 Å². The van der Waals surface area contributed by atoms with E-state index < -0.39 is 0 Å². The Morgan fingerprint density at radius 2 is 1.79 bits per heavy atom. The molecule has 0 saturated heterocycles. The number of fused-ring (bicyclic) bond motifs is 1. The highest BCUT2D eigenvalue weighted by atomic mass is 16.5. The molecule has 0 spiro atoms. The fraction of sp³-hybridized carbons (Fsp3) is 0.0667. The normalized spacial score (nSPS) is 10.6. The first kappa shape index (κ1) is 11.5. The van der Waals surface area contributed by atoms with Crippen molar-refractivity contribution in [1.82, 2.24) is 9.97 Å². The van der Waals surface area contributed by atoms with E-state index in [1.54, 1.807) is 13.0 Å². The smallest absolute Gasteiger partial charge is 0.224 e. The number of hydrogen-bond acceptors (Lipinski definition) is 4. The second kappa shape index (κ2) is 4.57. The van der Waals surface area contributed by atoms with E-state index in [0.29, 0.717) is 17.5 Å². The average Bonchev–Trinajstić information content (AvgIpc) is 2.38. The number of aryl methyl sites for hydroxylation is 1. The van der Waals surface area contributed by atoms with Gasteiger partial charge in [0.05, 0.1) is 0 Å². The van der Waals surface area contributed by atoms with Crippen LogP contribution in [0.3, 0.4) is 0 Å². The molecule has 4 nitrogen and oxygen atoms in total. The molecule has 0 unspecified atom stereocenters. The Kier molecular flexibility index (Phi) is 2.76. The Labute approximate surface area is 110 Å². The minimum Gasteiger partial charge on any atom is -0.438 e. The number of ether oxygens (including phenoxy) is 1. The topological polar surface area (TPSA) is 61.0 Å². The van der Waals surface area contributed by atoms with E-state index in [1.165, 1.54) is 0 Å². The van der Waals surface area contributed by atoms with Gasteiger partial charge in [-0.2, -0.15) is 4.98 Å². The van der Waals surface area contributed by atoms with Crippen LogP contribution in [0.25, 0.3) is 10.8 Å². The summed E-state index contributed by atoms with van der Waals surface area (Å²) in [4.78, 5) is 8.25. The summed E-state index contributed by atoms with van der Waals surface area (Å²) in [7, 11) is 0. The van der Waals surface area contributed by atoms with Crippen LogP contribution >= 0.6 is 0 Å². The monoisotopic (exact) mass is 251 g/mol. The molecule has 0 aliphatic rings. The molecule has 0 aliphatic carbocycles. The fourth-order valence-electron chi connectivity index (χ4n) is 2.01. The molecule has 0 atom stereocenters. The minimum absolute atomic E-state index is 0.405. The first-order valence-electron chi connectivity index (χ1n) is 5.99. The van der Waals surface area contributed by atoms with Gasteiger partial charge in [0.25, 0.3) is 0 Å². The van der Waals surface area contributed by atoms with Crippen molar-refractivity contribution in [2.45, 2.75) is 6.92 Å². The third kappa shape index (κ3) is 2.33. The summed E-state index contributed by atoms with van der Waals surface area (Å²) in [5.74, 6) is 2.22. The number of nitrogens with two attached hydrogens (primary N) is 1. The maximum atomic E-state index is 5.82. The van der Waals surface area contributed by atoms with Crippen molar-refractivity contribution in [1.29, 1.82) is 0 Å². The Morgan fingerprint density at radius 3 is 2.63 bits per heavy atom. The van der Waals surface area contributed by atoms with Crippen LogP contribution in [-0.4, -0.2) is 9.97 Å². The maximum absolute atomic E-state index is 5.82. The van der Waals surface area contributed by atoms with E-state index in [2.05, 4.69) is 9.97 Å². The molecule has 2 N–H and O–H groups in total. The minimum atomic E-state index is 0.405. The lowest BCUT2D eigenvalue weighted by molar-refractivity contribution is 0.465. The van der Waals surface area contributed by atoms with E-state index in [1.807, 2.05) is 42.5 Å². The van der Waals surface area contributed by atoms with Gasteiger partial charge >= 0.3 is 0 Å². The number of nitrogens with zero attached hydrogens (tertiary/aromatic N) is 2. The molecule has 0 aliphatic heterocycles. The second-order valence-electron chi connectivity index (χ2n) is 4.26. The van der Waals surface area contributed by atoms with E-state index in [0.717, 1.165) is 16.5 Å². The van der Waals surface area contributed by atoms with Crippen LogP contribution in [0.4, 0.5) is 5.82 Å². The molecule has 0 bridgehead atoms. The lowest BCUT2D eigenvalue weighted by Gasteiger charge is -2.08. The molecular formula is C15H13N3O. The quantitative estimate of drug-likeness (QED) is 0.759. The van der Waals surface area contributed by atoms with Gasteiger partial charge in [0.1, 0.15) is 17.4 Å². The van der Waals surface area contributed by atoms with Crippen LogP contribution in [0.1, 0.15) is 5.82 Å². The average molecular weight is 251 g/mol. The van der Waals surface area contributed by atoms with Gasteiger partial charge in [0.15, 0.2) is 0 Å². The zero-order chi connectivity index (χ0) is 13.2. The van der Waals surface area contributed by atoms with E-state index in [9.17, 15) is 0 Å². The third-order valence-electron chi connectivity index (χ3n) is 2.80. The fourth-order valence-corrected chi connectivity index (χ4v) is 2.01. The summed E-state index contributed by atoms with van der Waals surface area (Å²) in [5, 5.41) is 2.17. The van der Waals surface area contributed by atoms with Crippen LogP contribution in [0.15, 0.2) is 48.5 Å². The zero-order valence-electron chi connectivity index (χ0n) is 10.5. The number of nitrogen functional groups attached to an aromatic ring is 1. The molecule has 2 aromatic carbocycles. The van der Waals surface area contributed by atoms with Gasteiger partial charge in [0.2, 0.25) is 5.88 Å². The predicted molar refractivity (Wildman–Crippen MR) is 75.2 cm³/mol. The highest BCUT2D eigenvalue weighted by Crippen LogP contribution is 2.29. The zero-order valence-corrected chi connectivity index (χ0v) is 10.5. The molecule has 0 radical (unpaired) electrons. The number of benzene rings is 2. The molecule has 1 aromatic heterocycles. The van der Waals surface area contributed by atoms with Gasteiger partial charge in [-0.1, -0.05) is 36.4 Å². The lowest BCUT2D eigenvalue weighted by atomic mass is 10.1. The lowest BCUT2D eigenvalue weighted by Crippen LogP contribution is -1.98. The molecule has 19 heavy (non-hydrogen) atoms. The van der Waals surface area contributed by atoms with Crippen LogP contribution in [0.5, 0.6) is 11.6 Å². The molecule has 0 saturated carbocycles. The van der Waals surface area contributed by atoms with Crippen molar-refractivity contribution in [3.05, 3.63) is 54.4 Å². The van der Waals surface area contributed by atoms with Gasteiger partial charge in [-0.05, 0) is 18.4 Å². The summed E-state index contributed by atoms with van der Waals surface area (Å²) in [5.41, 5.74) is 5.69. The molecule has 0 amide bonds. The summed E-state index contributed by atoms with van der Waals surface area (Å²) in [6.45, 7) is 1.78. The summed E-state index contributed by atoms with van der Waals surface area (Å²) in [6, 6.07) is 15.6. The first-order valence-corrected chi connectivity index (χ1v) is 5.99. The van der Waals surface area contributed by atoms with Gasteiger partial charge < -0.3 is 10.5 Å². The molecule has 3 aromatic rings. The molecular weight excluding hydrogens is 238 g/mol. The summed E-state index contributed by atoms with van der Waals surface area (Å²) >= 11 is 0. The number of aromatic nitrogens is 2.